The summed E-state index contributed by atoms with van der Waals surface area (Å²) >= 11 is 1.53. The second kappa shape index (κ2) is 4.62. The van der Waals surface area contributed by atoms with Gasteiger partial charge in [0.1, 0.15) is 0 Å². The SMILES string of the molecule is O=C(O)CSC1CCOCC1. The molecule has 64 valence electrons. The highest BCUT2D eigenvalue weighted by Gasteiger charge is 2.14. The highest BCUT2D eigenvalue weighted by atomic mass is 32.2. The van der Waals surface area contributed by atoms with Gasteiger partial charge < -0.3 is 9.84 Å². The van der Waals surface area contributed by atoms with Crippen LogP contribution in [0.4, 0.5) is 0 Å². The zero-order valence-electron chi connectivity index (χ0n) is 6.28. The Morgan fingerprint density at radius 3 is 2.73 bits per heavy atom. The Morgan fingerprint density at radius 1 is 1.55 bits per heavy atom. The lowest BCUT2D eigenvalue weighted by molar-refractivity contribution is -0.133. The lowest BCUT2D eigenvalue weighted by atomic mass is 10.2. The van der Waals surface area contributed by atoms with Crippen molar-refractivity contribution in [2.75, 3.05) is 19.0 Å². The number of hydrogen-bond acceptors (Lipinski definition) is 3. The van der Waals surface area contributed by atoms with Crippen LogP contribution < -0.4 is 0 Å². The summed E-state index contributed by atoms with van der Waals surface area (Å²) in [7, 11) is 0. The highest BCUT2D eigenvalue weighted by Crippen LogP contribution is 2.21. The molecule has 1 N–H and O–H groups in total. The molecule has 1 aliphatic heterocycles. The van der Waals surface area contributed by atoms with Crippen molar-refractivity contribution in [1.29, 1.82) is 0 Å². The van der Waals surface area contributed by atoms with Crippen molar-refractivity contribution < 1.29 is 14.6 Å². The summed E-state index contributed by atoms with van der Waals surface area (Å²) in [6, 6.07) is 0. The Bertz CT molecular complexity index is 132. The second-order valence-electron chi connectivity index (χ2n) is 2.52. The van der Waals surface area contributed by atoms with Crippen LogP contribution in [0.5, 0.6) is 0 Å². The molecule has 3 nitrogen and oxygen atoms in total. The van der Waals surface area contributed by atoms with Gasteiger partial charge in [-0.25, -0.2) is 0 Å². The van der Waals surface area contributed by atoms with Gasteiger partial charge in [0.15, 0.2) is 0 Å². The average molecular weight is 176 g/mol. The minimum atomic E-state index is -0.721. The summed E-state index contributed by atoms with van der Waals surface area (Å²) in [5, 5.41) is 8.89. The average Bonchev–Trinajstić information content (AvgIpc) is 2.03. The van der Waals surface area contributed by atoms with Gasteiger partial charge in [0.2, 0.25) is 0 Å². The first-order valence-electron chi connectivity index (χ1n) is 3.70. The summed E-state index contributed by atoms with van der Waals surface area (Å²) in [4.78, 5) is 10.2. The van der Waals surface area contributed by atoms with Crippen molar-refractivity contribution in [2.24, 2.45) is 0 Å². The van der Waals surface area contributed by atoms with Crippen molar-refractivity contribution >= 4 is 17.7 Å². The maximum absolute atomic E-state index is 10.2. The Kier molecular flexibility index (Phi) is 3.72. The fraction of sp³-hybridized carbons (Fsp3) is 0.857. The Balaban J connectivity index is 2.09. The van der Waals surface area contributed by atoms with Crippen LogP contribution in [0.3, 0.4) is 0 Å². The second-order valence-corrected chi connectivity index (χ2v) is 3.81. The number of carbonyl (C=O) groups is 1. The van der Waals surface area contributed by atoms with E-state index in [1.165, 1.54) is 11.8 Å². The molecule has 0 amide bonds. The van der Waals surface area contributed by atoms with E-state index >= 15 is 0 Å². The van der Waals surface area contributed by atoms with Gasteiger partial charge in [-0.15, -0.1) is 11.8 Å². The molecule has 1 rings (SSSR count). The van der Waals surface area contributed by atoms with Crippen LogP contribution in [-0.2, 0) is 9.53 Å². The minimum Gasteiger partial charge on any atom is -0.481 e. The van der Waals surface area contributed by atoms with Crippen LogP contribution in [0.15, 0.2) is 0 Å². The van der Waals surface area contributed by atoms with Crippen molar-refractivity contribution in [2.45, 2.75) is 18.1 Å². The van der Waals surface area contributed by atoms with E-state index in [0.717, 1.165) is 26.1 Å². The predicted molar refractivity (Wildman–Crippen MR) is 43.9 cm³/mol. The number of rotatable bonds is 3. The largest absolute Gasteiger partial charge is 0.481 e. The molecule has 0 aromatic carbocycles. The standard InChI is InChI=1S/C7H12O3S/c8-7(9)5-11-6-1-3-10-4-2-6/h6H,1-5H2,(H,8,9). The Morgan fingerprint density at radius 2 is 2.18 bits per heavy atom. The van der Waals surface area contributed by atoms with E-state index in [0.29, 0.717) is 5.25 Å². The van der Waals surface area contributed by atoms with Gasteiger partial charge in [0.05, 0.1) is 5.75 Å². The molecule has 0 saturated carbocycles. The molecule has 4 heteroatoms. The molecule has 0 atom stereocenters. The van der Waals surface area contributed by atoms with E-state index in [4.69, 9.17) is 9.84 Å². The summed E-state index contributed by atoms with van der Waals surface area (Å²) < 4.78 is 5.15. The molecular formula is C7H12O3S. The van der Waals surface area contributed by atoms with Gasteiger partial charge in [-0.05, 0) is 12.8 Å². The third-order valence-electron chi connectivity index (χ3n) is 1.61. The van der Waals surface area contributed by atoms with E-state index in [1.54, 1.807) is 0 Å². The summed E-state index contributed by atoms with van der Waals surface area (Å²) in [5.74, 6) is -0.494. The number of thioether (sulfide) groups is 1. The van der Waals surface area contributed by atoms with E-state index in [9.17, 15) is 4.79 Å². The molecule has 0 aliphatic carbocycles. The molecule has 11 heavy (non-hydrogen) atoms. The molecule has 0 aromatic rings. The first kappa shape index (κ1) is 8.87. The molecule has 1 saturated heterocycles. The van der Waals surface area contributed by atoms with Crippen LogP contribution in [0, 0.1) is 0 Å². The van der Waals surface area contributed by atoms with Gasteiger partial charge in [-0.1, -0.05) is 0 Å². The first-order chi connectivity index (χ1) is 5.29. The van der Waals surface area contributed by atoms with Gasteiger partial charge >= 0.3 is 5.97 Å². The van der Waals surface area contributed by atoms with Crippen LogP contribution in [0.1, 0.15) is 12.8 Å². The highest BCUT2D eigenvalue weighted by molar-refractivity contribution is 8.00. The van der Waals surface area contributed by atoms with Crippen LogP contribution in [-0.4, -0.2) is 35.3 Å². The number of aliphatic carboxylic acids is 1. The molecule has 0 bridgehead atoms. The maximum Gasteiger partial charge on any atom is 0.313 e. The first-order valence-corrected chi connectivity index (χ1v) is 4.75. The van der Waals surface area contributed by atoms with Crippen molar-refractivity contribution in [3.8, 4) is 0 Å². The zero-order chi connectivity index (χ0) is 8.10. The van der Waals surface area contributed by atoms with Crippen LogP contribution in [0.2, 0.25) is 0 Å². The van der Waals surface area contributed by atoms with Crippen molar-refractivity contribution in [3.63, 3.8) is 0 Å². The fourth-order valence-corrected chi connectivity index (χ4v) is 1.94. The zero-order valence-corrected chi connectivity index (χ0v) is 7.10. The topological polar surface area (TPSA) is 46.5 Å². The lowest BCUT2D eigenvalue weighted by Crippen LogP contribution is -2.19. The Hall–Kier alpha value is -0.220. The van der Waals surface area contributed by atoms with E-state index in [2.05, 4.69) is 0 Å². The van der Waals surface area contributed by atoms with Gasteiger partial charge in [-0.2, -0.15) is 0 Å². The smallest absolute Gasteiger partial charge is 0.313 e. The quantitative estimate of drug-likeness (QED) is 0.696. The Labute approximate surface area is 70.1 Å². The summed E-state index contributed by atoms with van der Waals surface area (Å²) in [6.07, 6.45) is 2.00. The van der Waals surface area contributed by atoms with E-state index in [1.807, 2.05) is 0 Å². The van der Waals surface area contributed by atoms with Gasteiger partial charge in [-0.3, -0.25) is 4.79 Å². The monoisotopic (exact) mass is 176 g/mol. The molecule has 1 fully saturated rings. The molecule has 1 heterocycles. The van der Waals surface area contributed by atoms with E-state index in [-0.39, 0.29) is 5.75 Å². The molecule has 0 unspecified atom stereocenters. The fourth-order valence-electron chi connectivity index (χ4n) is 1.03. The number of carboxylic acid groups (broad SMARTS) is 1. The van der Waals surface area contributed by atoms with Gasteiger partial charge in [0.25, 0.3) is 0 Å². The third kappa shape index (κ3) is 3.62. The molecule has 1 aliphatic rings. The van der Waals surface area contributed by atoms with Crippen LogP contribution >= 0.6 is 11.8 Å². The van der Waals surface area contributed by atoms with Crippen molar-refractivity contribution in [3.05, 3.63) is 0 Å². The molecule has 0 spiro atoms. The summed E-state index contributed by atoms with van der Waals surface area (Å²) in [5.41, 5.74) is 0. The van der Waals surface area contributed by atoms with E-state index < -0.39 is 5.97 Å². The number of ether oxygens (including phenoxy) is 1. The molecule has 0 aromatic heterocycles. The minimum absolute atomic E-state index is 0.227. The number of carboxylic acids is 1. The van der Waals surface area contributed by atoms with Crippen molar-refractivity contribution in [1.82, 2.24) is 0 Å². The summed E-state index contributed by atoms with van der Waals surface area (Å²) in [6.45, 7) is 1.58. The normalized spacial score (nSPS) is 20.0. The molecule has 0 radical (unpaired) electrons. The third-order valence-corrected chi connectivity index (χ3v) is 2.97. The van der Waals surface area contributed by atoms with Crippen LogP contribution in [0.25, 0.3) is 0 Å². The predicted octanol–water partition coefficient (Wildman–Crippen LogP) is 0.983. The molecular weight excluding hydrogens is 164 g/mol. The maximum atomic E-state index is 10.2. The lowest BCUT2D eigenvalue weighted by Gasteiger charge is -2.20. The van der Waals surface area contributed by atoms with Gasteiger partial charge in [0, 0.05) is 18.5 Å². The number of hydrogen-bond donors (Lipinski definition) is 1.